The second kappa shape index (κ2) is 7.06. The first-order valence-electron chi connectivity index (χ1n) is 7.01. The normalized spacial score (nSPS) is 12.2. The van der Waals surface area contributed by atoms with Crippen molar-refractivity contribution in [3.63, 3.8) is 0 Å². The molecule has 1 heterocycles. The highest BCUT2D eigenvalue weighted by Gasteiger charge is 2.14. The predicted molar refractivity (Wildman–Crippen MR) is 82.1 cm³/mol. The molecule has 106 valence electrons. The Balaban J connectivity index is 2.24. The first-order valence-corrected chi connectivity index (χ1v) is 7.01. The van der Waals surface area contributed by atoms with Crippen molar-refractivity contribution in [3.05, 3.63) is 59.4 Å². The lowest BCUT2D eigenvalue weighted by Gasteiger charge is -2.21. The second-order valence-corrected chi connectivity index (χ2v) is 4.89. The Morgan fingerprint density at radius 2 is 1.95 bits per heavy atom. The molecule has 0 bridgehead atoms. The highest BCUT2D eigenvalue weighted by atomic mass is 16.5. The summed E-state index contributed by atoms with van der Waals surface area (Å²) in [4.78, 5) is 4.07. The molecule has 1 N–H and O–H groups in total. The van der Waals surface area contributed by atoms with Crippen LogP contribution < -0.4 is 10.1 Å². The van der Waals surface area contributed by atoms with E-state index in [1.807, 2.05) is 18.5 Å². The van der Waals surface area contributed by atoms with Gasteiger partial charge in [-0.3, -0.25) is 4.98 Å². The number of rotatable bonds is 6. The minimum atomic E-state index is 0.313. The fourth-order valence-electron chi connectivity index (χ4n) is 2.46. The number of nitrogens with one attached hydrogen (secondary N) is 1. The molecule has 0 aliphatic heterocycles. The maximum absolute atomic E-state index is 5.28. The van der Waals surface area contributed by atoms with Gasteiger partial charge in [-0.25, -0.2) is 0 Å². The van der Waals surface area contributed by atoms with Crippen molar-refractivity contribution in [2.24, 2.45) is 0 Å². The van der Waals surface area contributed by atoms with Gasteiger partial charge in [0.25, 0.3) is 0 Å². The third-order valence-electron chi connectivity index (χ3n) is 3.49. The van der Waals surface area contributed by atoms with Gasteiger partial charge in [-0.05, 0) is 60.8 Å². The van der Waals surface area contributed by atoms with Crippen LogP contribution in [0.1, 0.15) is 29.7 Å². The number of hydrogen-bond acceptors (Lipinski definition) is 3. The minimum Gasteiger partial charge on any atom is -0.497 e. The summed E-state index contributed by atoms with van der Waals surface area (Å²) < 4.78 is 5.28. The molecule has 20 heavy (non-hydrogen) atoms. The Morgan fingerprint density at radius 3 is 2.55 bits per heavy atom. The standard InChI is InChI=1S/C17H22N2O/c1-4-19-17(12-14-7-9-18-10-8-14)16-6-5-15(20-3)11-13(16)2/h5-11,17,19H,4,12H2,1-3H3. The zero-order valence-electron chi connectivity index (χ0n) is 12.4. The maximum atomic E-state index is 5.28. The average molecular weight is 270 g/mol. The van der Waals surface area contributed by atoms with Gasteiger partial charge in [0, 0.05) is 18.4 Å². The van der Waals surface area contributed by atoms with Crippen molar-refractivity contribution >= 4 is 0 Å². The summed E-state index contributed by atoms with van der Waals surface area (Å²) in [5, 5.41) is 3.56. The van der Waals surface area contributed by atoms with Gasteiger partial charge in [0.1, 0.15) is 5.75 Å². The number of nitrogens with zero attached hydrogens (tertiary/aromatic N) is 1. The monoisotopic (exact) mass is 270 g/mol. The summed E-state index contributed by atoms with van der Waals surface area (Å²) in [6.45, 7) is 5.22. The van der Waals surface area contributed by atoms with Crippen LogP contribution in [0.4, 0.5) is 0 Å². The lowest BCUT2D eigenvalue weighted by molar-refractivity contribution is 0.414. The van der Waals surface area contributed by atoms with Crippen LogP contribution in [0.5, 0.6) is 5.75 Å². The topological polar surface area (TPSA) is 34.2 Å². The highest BCUT2D eigenvalue weighted by molar-refractivity contribution is 5.37. The van der Waals surface area contributed by atoms with Crippen molar-refractivity contribution in [1.29, 1.82) is 0 Å². The predicted octanol–water partition coefficient (Wildman–Crippen LogP) is 3.29. The summed E-state index contributed by atoms with van der Waals surface area (Å²) in [5.41, 5.74) is 3.87. The van der Waals surface area contributed by atoms with E-state index in [2.05, 4.69) is 48.4 Å². The Morgan fingerprint density at radius 1 is 1.20 bits per heavy atom. The summed E-state index contributed by atoms with van der Waals surface area (Å²) >= 11 is 0. The number of hydrogen-bond donors (Lipinski definition) is 1. The lowest BCUT2D eigenvalue weighted by atomic mass is 9.95. The molecule has 1 unspecified atom stereocenters. The Labute approximate surface area is 121 Å². The summed E-state index contributed by atoms with van der Waals surface area (Å²) in [7, 11) is 1.70. The van der Waals surface area contributed by atoms with E-state index in [9.17, 15) is 0 Å². The first kappa shape index (κ1) is 14.5. The molecule has 0 fully saturated rings. The van der Waals surface area contributed by atoms with Gasteiger partial charge in [0.15, 0.2) is 0 Å². The fraction of sp³-hybridized carbons (Fsp3) is 0.353. The van der Waals surface area contributed by atoms with Crippen LogP contribution >= 0.6 is 0 Å². The molecule has 1 aromatic heterocycles. The van der Waals surface area contributed by atoms with Crippen LogP contribution in [0.15, 0.2) is 42.7 Å². The third kappa shape index (κ3) is 3.58. The number of pyridine rings is 1. The molecule has 2 rings (SSSR count). The van der Waals surface area contributed by atoms with E-state index in [1.165, 1.54) is 16.7 Å². The average Bonchev–Trinajstić information content (AvgIpc) is 2.48. The molecule has 0 spiro atoms. The lowest BCUT2D eigenvalue weighted by Crippen LogP contribution is -2.23. The van der Waals surface area contributed by atoms with E-state index < -0.39 is 0 Å². The van der Waals surface area contributed by atoms with Crippen molar-refractivity contribution < 1.29 is 4.74 Å². The van der Waals surface area contributed by atoms with Crippen LogP contribution in [0.25, 0.3) is 0 Å². The Bertz CT molecular complexity index is 540. The van der Waals surface area contributed by atoms with Gasteiger partial charge >= 0.3 is 0 Å². The van der Waals surface area contributed by atoms with Gasteiger partial charge in [-0.15, -0.1) is 0 Å². The SMILES string of the molecule is CCNC(Cc1ccncc1)c1ccc(OC)cc1C. The third-order valence-corrected chi connectivity index (χ3v) is 3.49. The number of benzene rings is 1. The Kier molecular flexibility index (Phi) is 5.13. The van der Waals surface area contributed by atoms with E-state index in [1.54, 1.807) is 7.11 Å². The van der Waals surface area contributed by atoms with Crippen LogP contribution in [0, 0.1) is 6.92 Å². The number of aryl methyl sites for hydroxylation is 1. The van der Waals surface area contributed by atoms with Crippen LogP contribution in [-0.2, 0) is 6.42 Å². The summed E-state index contributed by atoms with van der Waals surface area (Å²) in [5.74, 6) is 0.908. The molecule has 3 nitrogen and oxygen atoms in total. The first-order chi connectivity index (χ1) is 9.74. The number of aromatic nitrogens is 1. The fourth-order valence-corrected chi connectivity index (χ4v) is 2.46. The van der Waals surface area contributed by atoms with E-state index in [-0.39, 0.29) is 0 Å². The second-order valence-electron chi connectivity index (χ2n) is 4.89. The number of methoxy groups -OCH3 is 1. The zero-order valence-corrected chi connectivity index (χ0v) is 12.4. The van der Waals surface area contributed by atoms with Crippen molar-refractivity contribution in [2.45, 2.75) is 26.3 Å². The number of ether oxygens (including phenoxy) is 1. The van der Waals surface area contributed by atoms with Crippen LogP contribution in [0.3, 0.4) is 0 Å². The van der Waals surface area contributed by atoms with Gasteiger partial charge in [-0.2, -0.15) is 0 Å². The van der Waals surface area contributed by atoms with Crippen molar-refractivity contribution in [1.82, 2.24) is 10.3 Å². The van der Waals surface area contributed by atoms with Crippen molar-refractivity contribution in [3.8, 4) is 5.75 Å². The van der Waals surface area contributed by atoms with E-state index in [0.29, 0.717) is 6.04 Å². The quantitative estimate of drug-likeness (QED) is 0.874. The molecule has 0 radical (unpaired) electrons. The summed E-state index contributed by atoms with van der Waals surface area (Å²) in [6.07, 6.45) is 4.65. The largest absolute Gasteiger partial charge is 0.497 e. The minimum absolute atomic E-state index is 0.313. The maximum Gasteiger partial charge on any atom is 0.119 e. The highest BCUT2D eigenvalue weighted by Crippen LogP contribution is 2.25. The molecular weight excluding hydrogens is 248 g/mol. The van der Waals surface area contributed by atoms with Crippen molar-refractivity contribution in [2.75, 3.05) is 13.7 Å². The Hall–Kier alpha value is -1.87. The molecule has 3 heteroatoms. The molecule has 0 saturated carbocycles. The van der Waals surface area contributed by atoms with Gasteiger partial charge in [0.05, 0.1) is 7.11 Å². The summed E-state index contributed by atoms with van der Waals surface area (Å²) in [6, 6.07) is 10.7. The molecule has 2 aromatic rings. The number of likely N-dealkylation sites (N-methyl/N-ethyl adjacent to an activating group) is 1. The van der Waals surface area contributed by atoms with E-state index >= 15 is 0 Å². The molecule has 1 atom stereocenters. The van der Waals surface area contributed by atoms with E-state index in [4.69, 9.17) is 4.74 Å². The van der Waals surface area contributed by atoms with Crippen LogP contribution in [-0.4, -0.2) is 18.6 Å². The van der Waals surface area contributed by atoms with E-state index in [0.717, 1.165) is 18.7 Å². The van der Waals surface area contributed by atoms with Crippen LogP contribution in [0.2, 0.25) is 0 Å². The van der Waals surface area contributed by atoms with Gasteiger partial charge in [0.2, 0.25) is 0 Å². The molecular formula is C17H22N2O. The smallest absolute Gasteiger partial charge is 0.119 e. The molecule has 0 aliphatic carbocycles. The van der Waals surface area contributed by atoms with Gasteiger partial charge in [-0.1, -0.05) is 13.0 Å². The molecule has 0 saturated heterocycles. The molecule has 0 aliphatic rings. The zero-order chi connectivity index (χ0) is 14.4. The molecule has 0 amide bonds. The van der Waals surface area contributed by atoms with Gasteiger partial charge < -0.3 is 10.1 Å². The molecule has 1 aromatic carbocycles.